The molecule has 3 N–H and O–H groups in total. The molecule has 0 heterocycles. The van der Waals surface area contributed by atoms with E-state index in [9.17, 15) is 0 Å². The summed E-state index contributed by atoms with van der Waals surface area (Å²) >= 11 is 4.00. The number of hydrogen-bond acceptors (Lipinski definition) is 5. The van der Waals surface area contributed by atoms with E-state index in [1.165, 1.54) is 5.01 Å². The van der Waals surface area contributed by atoms with Crippen LogP contribution in [0, 0.1) is 5.53 Å². The first-order valence-corrected chi connectivity index (χ1v) is 4.13. The number of nitrogens with two attached hydrogens (primary N) is 1. The summed E-state index contributed by atoms with van der Waals surface area (Å²) in [5.41, 5.74) is 7.96. The zero-order valence-corrected chi connectivity index (χ0v) is 8.46. The Morgan fingerprint density at radius 1 is 1.77 bits per heavy atom. The molecule has 0 aliphatic carbocycles. The molecule has 0 saturated carbocycles. The lowest BCUT2D eigenvalue weighted by atomic mass is 10.3. The molecule has 0 bridgehead atoms. The molecule has 0 rings (SSSR count). The summed E-state index contributed by atoms with van der Waals surface area (Å²) in [6.45, 7) is 9.01. The molecule has 0 aromatic heterocycles. The minimum absolute atomic E-state index is 0.453. The monoisotopic (exact) mass is 198 g/mol. The zero-order chi connectivity index (χ0) is 10.4. The van der Waals surface area contributed by atoms with Crippen LogP contribution in [0.4, 0.5) is 0 Å². The van der Waals surface area contributed by atoms with Gasteiger partial charge in [-0.3, -0.25) is 5.01 Å². The molecule has 0 radical (unpaired) electrons. The van der Waals surface area contributed by atoms with Gasteiger partial charge < -0.3 is 0 Å². The fourth-order valence-corrected chi connectivity index (χ4v) is 0.801. The quantitative estimate of drug-likeness (QED) is 0.208. The highest BCUT2D eigenvalue weighted by Crippen LogP contribution is 2.14. The summed E-state index contributed by atoms with van der Waals surface area (Å²) < 4.78 is 0. The van der Waals surface area contributed by atoms with Crippen molar-refractivity contribution in [3.63, 3.8) is 0 Å². The fraction of sp³-hybridized carbons (Fsp3) is 0.250. The van der Waals surface area contributed by atoms with Crippen molar-refractivity contribution in [2.45, 2.75) is 12.3 Å². The molecular formula is C8H14N4S. The van der Waals surface area contributed by atoms with Crippen LogP contribution in [-0.2, 0) is 0 Å². The van der Waals surface area contributed by atoms with Crippen molar-refractivity contribution in [3.05, 3.63) is 36.7 Å². The van der Waals surface area contributed by atoms with Crippen molar-refractivity contribution in [3.8, 4) is 0 Å². The van der Waals surface area contributed by atoms with E-state index in [4.69, 9.17) is 11.4 Å². The maximum atomic E-state index is 6.74. The second-order valence-electron chi connectivity index (χ2n) is 2.41. The van der Waals surface area contributed by atoms with E-state index in [1.807, 2.05) is 0 Å². The Balaban J connectivity index is 4.50. The molecular weight excluding hydrogens is 184 g/mol. The van der Waals surface area contributed by atoms with Crippen LogP contribution >= 0.6 is 12.6 Å². The van der Waals surface area contributed by atoms with Gasteiger partial charge in [0.05, 0.1) is 5.70 Å². The van der Waals surface area contributed by atoms with Gasteiger partial charge in [-0.15, -0.1) is 12.6 Å². The largest absolute Gasteiger partial charge is 0.286 e. The molecule has 0 spiro atoms. The van der Waals surface area contributed by atoms with Crippen LogP contribution in [0.25, 0.3) is 0 Å². The van der Waals surface area contributed by atoms with Gasteiger partial charge >= 0.3 is 0 Å². The highest BCUT2D eigenvalue weighted by Gasteiger charge is 2.11. The van der Waals surface area contributed by atoms with Gasteiger partial charge in [-0.1, -0.05) is 19.2 Å². The molecule has 0 fully saturated rings. The van der Waals surface area contributed by atoms with Crippen molar-refractivity contribution >= 4 is 12.6 Å². The Morgan fingerprint density at radius 3 is 2.69 bits per heavy atom. The number of hydrazine groups is 1. The molecule has 72 valence electrons. The predicted octanol–water partition coefficient (Wildman–Crippen LogP) is 2.05. The fourth-order valence-electron chi connectivity index (χ4n) is 0.676. The van der Waals surface area contributed by atoms with Gasteiger partial charge in [-0.05, 0) is 13.0 Å². The molecule has 0 aromatic carbocycles. The molecule has 0 amide bonds. The molecule has 4 nitrogen and oxygen atoms in total. The highest BCUT2D eigenvalue weighted by molar-refractivity contribution is 7.81. The third-order valence-corrected chi connectivity index (χ3v) is 1.88. The van der Waals surface area contributed by atoms with Crippen molar-refractivity contribution in [2.24, 2.45) is 11.0 Å². The Hall–Kier alpha value is -1.07. The molecule has 0 aliphatic rings. The third kappa shape index (κ3) is 3.43. The van der Waals surface area contributed by atoms with Crippen LogP contribution in [0.15, 0.2) is 41.8 Å². The summed E-state index contributed by atoms with van der Waals surface area (Å²) in [5.74, 6) is 5.65. The second-order valence-corrected chi connectivity index (χ2v) is 2.90. The van der Waals surface area contributed by atoms with Crippen molar-refractivity contribution < 1.29 is 0 Å². The van der Waals surface area contributed by atoms with E-state index in [1.54, 1.807) is 19.1 Å². The standard InChI is InChI=1S/C8H14N4S/c1-4-5-6(2)12(10)7(3)8(13)11-9/h4-5,8-9,13H,1,3,10H2,2H3/b6-5+,11-9?/t8-/m1/s1. The summed E-state index contributed by atoms with van der Waals surface area (Å²) in [4.78, 5) is 0. The van der Waals surface area contributed by atoms with Gasteiger partial charge in [0.25, 0.3) is 0 Å². The van der Waals surface area contributed by atoms with Crippen LogP contribution in [0.1, 0.15) is 6.92 Å². The number of allylic oxidation sites excluding steroid dienone is 3. The van der Waals surface area contributed by atoms with Gasteiger partial charge in [0.15, 0.2) is 5.37 Å². The Kier molecular flexibility index (Phi) is 5.10. The van der Waals surface area contributed by atoms with Crippen molar-refractivity contribution in [1.82, 2.24) is 5.01 Å². The lowest BCUT2D eigenvalue weighted by molar-refractivity contribution is 0.436. The Morgan fingerprint density at radius 2 is 2.31 bits per heavy atom. The van der Waals surface area contributed by atoms with Crippen LogP contribution in [0.5, 0.6) is 0 Å². The normalized spacial score (nSPS) is 13.3. The maximum Gasteiger partial charge on any atom is 0.154 e. The summed E-state index contributed by atoms with van der Waals surface area (Å²) in [7, 11) is 0. The van der Waals surface area contributed by atoms with E-state index < -0.39 is 5.37 Å². The van der Waals surface area contributed by atoms with Gasteiger partial charge in [0, 0.05) is 5.70 Å². The Labute approximate surface area is 83.7 Å². The first-order valence-electron chi connectivity index (χ1n) is 3.62. The molecule has 1 atom stereocenters. The molecule has 0 aromatic rings. The van der Waals surface area contributed by atoms with Gasteiger partial charge in [-0.2, -0.15) is 5.11 Å². The summed E-state index contributed by atoms with van der Waals surface area (Å²) in [6, 6.07) is 0. The smallest absolute Gasteiger partial charge is 0.154 e. The predicted molar refractivity (Wildman–Crippen MR) is 57.0 cm³/mol. The van der Waals surface area contributed by atoms with E-state index in [0.717, 1.165) is 5.70 Å². The van der Waals surface area contributed by atoms with Crippen LogP contribution < -0.4 is 5.84 Å². The number of nitrogens with zero attached hydrogens (tertiary/aromatic N) is 2. The van der Waals surface area contributed by atoms with Crippen LogP contribution in [-0.4, -0.2) is 10.4 Å². The van der Waals surface area contributed by atoms with Gasteiger partial charge in [0.2, 0.25) is 0 Å². The number of rotatable bonds is 5. The lowest BCUT2D eigenvalue weighted by Gasteiger charge is -2.22. The SMILES string of the molecule is C=C/C=C(\C)N(N)C(=C)[C@@H](S)N=N. The molecule has 0 aliphatic heterocycles. The second kappa shape index (κ2) is 5.55. The van der Waals surface area contributed by atoms with E-state index >= 15 is 0 Å². The average molecular weight is 198 g/mol. The summed E-state index contributed by atoms with van der Waals surface area (Å²) in [6.07, 6.45) is 3.35. The number of thiol groups is 1. The zero-order valence-electron chi connectivity index (χ0n) is 7.57. The molecule has 0 saturated heterocycles. The third-order valence-electron chi connectivity index (χ3n) is 1.47. The topological polar surface area (TPSA) is 65.5 Å². The van der Waals surface area contributed by atoms with Gasteiger partial charge in [-0.25, -0.2) is 11.4 Å². The molecule has 0 unspecified atom stereocenters. The van der Waals surface area contributed by atoms with Crippen molar-refractivity contribution in [2.75, 3.05) is 0 Å². The van der Waals surface area contributed by atoms with E-state index in [-0.39, 0.29) is 0 Å². The molecule has 5 heteroatoms. The van der Waals surface area contributed by atoms with Crippen LogP contribution in [0.2, 0.25) is 0 Å². The maximum absolute atomic E-state index is 6.74. The van der Waals surface area contributed by atoms with E-state index in [0.29, 0.717) is 5.70 Å². The average Bonchev–Trinajstić information content (AvgIpc) is 2.14. The molecule has 13 heavy (non-hydrogen) atoms. The first kappa shape index (κ1) is 11.9. The summed E-state index contributed by atoms with van der Waals surface area (Å²) in [5, 5.41) is 3.92. The van der Waals surface area contributed by atoms with Crippen LogP contribution in [0.3, 0.4) is 0 Å². The first-order chi connectivity index (χ1) is 6.04. The highest BCUT2D eigenvalue weighted by atomic mass is 32.1. The lowest BCUT2D eigenvalue weighted by Crippen LogP contribution is -2.31. The van der Waals surface area contributed by atoms with E-state index in [2.05, 4.69) is 30.9 Å². The Bertz CT molecular complexity index is 247. The van der Waals surface area contributed by atoms with Crippen molar-refractivity contribution in [1.29, 1.82) is 5.53 Å². The minimum atomic E-state index is -0.599. The number of nitrogens with one attached hydrogen (secondary N) is 1. The number of hydrogen-bond donors (Lipinski definition) is 3. The minimum Gasteiger partial charge on any atom is -0.286 e. The van der Waals surface area contributed by atoms with Gasteiger partial charge in [0.1, 0.15) is 0 Å².